The number of ether oxygens (including phenoxy) is 2. The monoisotopic (exact) mass is 398 g/mol. The molecule has 0 spiro atoms. The SMILES string of the molecule is CCCCCc1cc(OC(F)(F)F)cc2c1OC(C(F)(F)F)C(C(=O)O)=C2. The topological polar surface area (TPSA) is 55.8 Å². The van der Waals surface area contributed by atoms with Crippen molar-refractivity contribution in [1.82, 2.24) is 0 Å². The molecule has 0 aliphatic carbocycles. The van der Waals surface area contributed by atoms with Gasteiger partial charge in [-0.05, 0) is 36.6 Å². The van der Waals surface area contributed by atoms with Gasteiger partial charge in [-0.15, -0.1) is 13.2 Å². The first-order valence-corrected chi connectivity index (χ1v) is 8.03. The highest BCUT2D eigenvalue weighted by atomic mass is 19.4. The first kappa shape index (κ1) is 20.9. The summed E-state index contributed by atoms with van der Waals surface area (Å²) in [6.45, 7) is 1.89. The Balaban J connectivity index is 2.55. The van der Waals surface area contributed by atoms with Crippen LogP contribution >= 0.6 is 0 Å². The van der Waals surface area contributed by atoms with Crippen LogP contribution in [0.25, 0.3) is 6.08 Å². The zero-order valence-electron chi connectivity index (χ0n) is 14.1. The minimum atomic E-state index is -5.00. The summed E-state index contributed by atoms with van der Waals surface area (Å²) >= 11 is 0. The molecule has 1 N–H and O–H groups in total. The Labute approximate surface area is 150 Å². The lowest BCUT2D eigenvalue weighted by atomic mass is 9.96. The van der Waals surface area contributed by atoms with E-state index in [4.69, 9.17) is 9.84 Å². The Morgan fingerprint density at radius 2 is 1.85 bits per heavy atom. The maximum Gasteiger partial charge on any atom is 0.573 e. The van der Waals surface area contributed by atoms with Crippen LogP contribution in [0, 0.1) is 0 Å². The molecule has 27 heavy (non-hydrogen) atoms. The van der Waals surface area contributed by atoms with Gasteiger partial charge in [0.2, 0.25) is 6.10 Å². The fourth-order valence-corrected chi connectivity index (χ4v) is 2.72. The molecule has 1 heterocycles. The van der Waals surface area contributed by atoms with Crippen LogP contribution in [-0.4, -0.2) is 29.7 Å². The minimum absolute atomic E-state index is 0.0927. The predicted molar refractivity (Wildman–Crippen MR) is 82.4 cm³/mol. The second kappa shape index (κ2) is 7.69. The quantitative estimate of drug-likeness (QED) is 0.535. The standard InChI is InChI=1S/C17H16F6O4/c1-2-3-4-5-9-6-11(27-17(21,22)23)7-10-8-12(15(24)25)14(16(18,19)20)26-13(9)10/h6-8,14H,2-5H2,1H3,(H,24,25). The first-order chi connectivity index (χ1) is 12.4. The fourth-order valence-electron chi connectivity index (χ4n) is 2.72. The van der Waals surface area contributed by atoms with E-state index in [1.807, 2.05) is 6.92 Å². The van der Waals surface area contributed by atoms with Gasteiger partial charge in [0.25, 0.3) is 0 Å². The number of aryl methyl sites for hydroxylation is 1. The largest absolute Gasteiger partial charge is 0.573 e. The van der Waals surface area contributed by atoms with Gasteiger partial charge in [0.05, 0.1) is 5.57 Å². The highest BCUT2D eigenvalue weighted by Crippen LogP contribution is 2.42. The molecule has 2 rings (SSSR count). The number of hydrogen-bond acceptors (Lipinski definition) is 3. The van der Waals surface area contributed by atoms with Crippen LogP contribution in [-0.2, 0) is 11.2 Å². The number of halogens is 6. The second-order valence-corrected chi connectivity index (χ2v) is 5.95. The summed E-state index contributed by atoms with van der Waals surface area (Å²) in [5.41, 5.74) is -1.23. The number of hydrogen-bond donors (Lipinski definition) is 1. The van der Waals surface area contributed by atoms with Crippen molar-refractivity contribution in [2.45, 2.75) is 51.2 Å². The number of benzene rings is 1. The van der Waals surface area contributed by atoms with Crippen molar-refractivity contribution in [3.63, 3.8) is 0 Å². The Kier molecular flexibility index (Phi) is 5.96. The van der Waals surface area contributed by atoms with Gasteiger partial charge in [-0.2, -0.15) is 13.2 Å². The predicted octanol–water partition coefficient (Wildman–Crippen LogP) is 5.11. The maximum absolute atomic E-state index is 13.2. The van der Waals surface area contributed by atoms with Crippen molar-refractivity contribution in [3.8, 4) is 11.5 Å². The number of carboxylic acid groups (broad SMARTS) is 1. The molecule has 1 aromatic carbocycles. The molecule has 10 heteroatoms. The van der Waals surface area contributed by atoms with Crippen LogP contribution < -0.4 is 9.47 Å². The minimum Gasteiger partial charge on any atom is -0.478 e. The molecule has 1 unspecified atom stereocenters. The number of aliphatic carboxylic acids is 1. The number of rotatable bonds is 6. The third-order valence-corrected chi connectivity index (χ3v) is 3.82. The Morgan fingerprint density at radius 1 is 1.19 bits per heavy atom. The van der Waals surface area contributed by atoms with Gasteiger partial charge >= 0.3 is 18.5 Å². The van der Waals surface area contributed by atoms with Crippen molar-refractivity contribution in [2.75, 3.05) is 0 Å². The van der Waals surface area contributed by atoms with Gasteiger partial charge in [-0.3, -0.25) is 0 Å². The zero-order valence-corrected chi connectivity index (χ0v) is 14.1. The molecule has 4 nitrogen and oxygen atoms in total. The van der Waals surface area contributed by atoms with Gasteiger partial charge in [-0.25, -0.2) is 4.79 Å². The number of fused-ring (bicyclic) bond motifs is 1. The number of unbranched alkanes of at least 4 members (excludes halogenated alkanes) is 2. The molecule has 0 radical (unpaired) electrons. The van der Waals surface area contributed by atoms with Crippen LogP contribution in [0.1, 0.15) is 37.3 Å². The van der Waals surface area contributed by atoms with Crippen LogP contribution in [0.4, 0.5) is 26.3 Å². The molecule has 0 bridgehead atoms. The average Bonchev–Trinajstić information content (AvgIpc) is 2.51. The molecule has 150 valence electrons. The van der Waals surface area contributed by atoms with Gasteiger partial charge in [0, 0.05) is 5.56 Å². The Bertz CT molecular complexity index is 736. The number of carbonyl (C=O) groups is 1. The van der Waals surface area contributed by atoms with E-state index in [0.717, 1.165) is 18.6 Å². The molecule has 1 aromatic rings. The van der Waals surface area contributed by atoms with Gasteiger partial charge in [-0.1, -0.05) is 19.8 Å². The van der Waals surface area contributed by atoms with E-state index >= 15 is 0 Å². The van der Waals surface area contributed by atoms with E-state index in [1.54, 1.807) is 0 Å². The fraction of sp³-hybridized carbons (Fsp3) is 0.471. The Morgan fingerprint density at radius 3 is 2.37 bits per heavy atom. The maximum atomic E-state index is 13.2. The van der Waals surface area contributed by atoms with E-state index in [2.05, 4.69) is 4.74 Å². The first-order valence-electron chi connectivity index (χ1n) is 8.03. The third-order valence-electron chi connectivity index (χ3n) is 3.82. The second-order valence-electron chi connectivity index (χ2n) is 5.95. The van der Waals surface area contributed by atoms with Crippen LogP contribution in [0.3, 0.4) is 0 Å². The Hall–Kier alpha value is -2.39. The van der Waals surface area contributed by atoms with Crippen LogP contribution in [0.5, 0.6) is 11.5 Å². The highest BCUT2D eigenvalue weighted by molar-refractivity contribution is 5.95. The summed E-state index contributed by atoms with van der Waals surface area (Å²) in [5, 5.41) is 9.04. The molecule has 1 atom stereocenters. The van der Waals surface area contributed by atoms with E-state index in [-0.39, 0.29) is 23.3 Å². The zero-order chi connectivity index (χ0) is 20.4. The van der Waals surface area contributed by atoms with Gasteiger partial charge in [0.15, 0.2) is 0 Å². The molecule has 0 aromatic heterocycles. The molecular weight excluding hydrogens is 382 g/mol. The highest BCUT2D eigenvalue weighted by Gasteiger charge is 2.49. The smallest absolute Gasteiger partial charge is 0.478 e. The molecule has 1 aliphatic rings. The van der Waals surface area contributed by atoms with E-state index in [1.165, 1.54) is 0 Å². The average molecular weight is 398 g/mol. The van der Waals surface area contributed by atoms with Crippen molar-refractivity contribution in [3.05, 3.63) is 28.8 Å². The molecule has 1 aliphatic heterocycles. The molecular formula is C17H16F6O4. The lowest BCUT2D eigenvalue weighted by Gasteiger charge is -2.29. The third kappa shape index (κ3) is 5.30. The van der Waals surface area contributed by atoms with Crippen molar-refractivity contribution >= 4 is 12.0 Å². The van der Waals surface area contributed by atoms with Crippen molar-refractivity contribution < 1.29 is 45.7 Å². The van der Waals surface area contributed by atoms with Crippen molar-refractivity contribution in [1.29, 1.82) is 0 Å². The summed E-state index contributed by atoms with van der Waals surface area (Å²) in [5.74, 6) is -2.81. The lowest BCUT2D eigenvalue weighted by Crippen LogP contribution is -2.40. The molecule has 0 amide bonds. The van der Waals surface area contributed by atoms with E-state index in [0.29, 0.717) is 18.9 Å². The summed E-state index contributed by atoms with van der Waals surface area (Å²) in [7, 11) is 0. The summed E-state index contributed by atoms with van der Waals surface area (Å²) < 4.78 is 85.9. The summed E-state index contributed by atoms with van der Waals surface area (Å²) in [6, 6.07) is 1.77. The van der Waals surface area contributed by atoms with E-state index < -0.39 is 35.9 Å². The number of alkyl halides is 6. The van der Waals surface area contributed by atoms with Crippen LogP contribution in [0.2, 0.25) is 0 Å². The summed E-state index contributed by atoms with van der Waals surface area (Å²) in [6.07, 6.45) is -9.87. The van der Waals surface area contributed by atoms with E-state index in [9.17, 15) is 31.1 Å². The molecule has 0 saturated heterocycles. The van der Waals surface area contributed by atoms with Crippen LogP contribution in [0.15, 0.2) is 17.7 Å². The molecule has 0 fully saturated rings. The van der Waals surface area contributed by atoms with Crippen molar-refractivity contribution in [2.24, 2.45) is 0 Å². The summed E-state index contributed by atoms with van der Waals surface area (Å²) in [4.78, 5) is 11.2. The molecule has 0 saturated carbocycles. The normalized spacial score (nSPS) is 17.0. The van der Waals surface area contributed by atoms with Gasteiger partial charge in [0.1, 0.15) is 11.5 Å². The number of carboxylic acids is 1. The van der Waals surface area contributed by atoms with Gasteiger partial charge < -0.3 is 14.6 Å². The lowest BCUT2D eigenvalue weighted by molar-refractivity contribution is -0.274.